The average Bonchev–Trinajstić information content (AvgIpc) is 3.17. The van der Waals surface area contributed by atoms with Crippen LogP contribution in [0.2, 0.25) is 0 Å². The van der Waals surface area contributed by atoms with Crippen molar-refractivity contribution in [2.24, 2.45) is 11.3 Å². The van der Waals surface area contributed by atoms with Crippen LogP contribution in [-0.2, 0) is 9.47 Å². The molecule has 0 radical (unpaired) electrons. The van der Waals surface area contributed by atoms with Gasteiger partial charge in [0.2, 0.25) is 0 Å². The second-order valence-corrected chi connectivity index (χ2v) is 6.56. The zero-order chi connectivity index (χ0) is 13.6. The monoisotopic (exact) mass is 257 g/mol. The Labute approximate surface area is 113 Å². The van der Waals surface area contributed by atoms with Gasteiger partial charge >= 0.3 is 0 Å². The molecule has 3 heteroatoms. The van der Waals surface area contributed by atoms with Crippen LogP contribution in [0, 0.1) is 11.3 Å². The number of methoxy groups -OCH3 is 2. The van der Waals surface area contributed by atoms with Crippen LogP contribution in [0.15, 0.2) is 0 Å². The van der Waals surface area contributed by atoms with Crippen molar-refractivity contribution in [2.75, 3.05) is 33.9 Å². The molecule has 1 N–H and O–H groups in total. The van der Waals surface area contributed by atoms with Gasteiger partial charge in [-0.3, -0.25) is 0 Å². The topological polar surface area (TPSA) is 30.5 Å². The number of hydrogen-bond donors (Lipinski definition) is 1. The maximum Gasteiger partial charge on any atom is 0.0623 e. The fraction of sp³-hybridized carbons (Fsp3) is 1.00. The van der Waals surface area contributed by atoms with Crippen LogP contribution in [0.5, 0.6) is 0 Å². The third-order valence-corrected chi connectivity index (χ3v) is 4.43. The van der Waals surface area contributed by atoms with Gasteiger partial charge in [-0.25, -0.2) is 0 Å². The minimum atomic E-state index is 0.00266. The molecule has 0 aliphatic heterocycles. The predicted octanol–water partition coefficient (Wildman–Crippen LogP) is 2.84. The van der Waals surface area contributed by atoms with E-state index >= 15 is 0 Å². The van der Waals surface area contributed by atoms with Gasteiger partial charge in [-0.15, -0.1) is 0 Å². The van der Waals surface area contributed by atoms with Crippen molar-refractivity contribution in [1.29, 1.82) is 0 Å². The van der Waals surface area contributed by atoms with Gasteiger partial charge in [0.15, 0.2) is 0 Å². The molecule has 0 aromatic carbocycles. The summed E-state index contributed by atoms with van der Waals surface area (Å²) in [4.78, 5) is 0. The van der Waals surface area contributed by atoms with Crippen molar-refractivity contribution in [2.45, 2.75) is 52.1 Å². The lowest BCUT2D eigenvalue weighted by atomic mass is 9.78. The van der Waals surface area contributed by atoms with E-state index in [0.29, 0.717) is 5.41 Å². The molecule has 108 valence electrons. The largest absolute Gasteiger partial charge is 0.383 e. The molecule has 1 fully saturated rings. The van der Waals surface area contributed by atoms with E-state index < -0.39 is 0 Å². The van der Waals surface area contributed by atoms with Crippen molar-refractivity contribution in [1.82, 2.24) is 5.32 Å². The highest BCUT2D eigenvalue weighted by Crippen LogP contribution is 2.48. The Kier molecular flexibility index (Phi) is 6.09. The average molecular weight is 257 g/mol. The molecule has 18 heavy (non-hydrogen) atoms. The molecule has 0 bridgehead atoms. The van der Waals surface area contributed by atoms with Gasteiger partial charge in [-0.2, -0.15) is 0 Å². The molecule has 1 atom stereocenters. The maximum atomic E-state index is 5.54. The minimum absolute atomic E-state index is 0.00266. The molecule has 1 rings (SSSR count). The first kappa shape index (κ1) is 15.9. The fourth-order valence-corrected chi connectivity index (χ4v) is 2.45. The number of nitrogens with one attached hydrogen (secondary N) is 1. The predicted molar refractivity (Wildman–Crippen MR) is 75.9 cm³/mol. The van der Waals surface area contributed by atoms with Gasteiger partial charge in [0.05, 0.1) is 12.2 Å². The van der Waals surface area contributed by atoms with Crippen LogP contribution in [0.25, 0.3) is 0 Å². The molecule has 0 aromatic rings. The normalized spacial score (nSPS) is 19.8. The quantitative estimate of drug-likeness (QED) is 0.610. The summed E-state index contributed by atoms with van der Waals surface area (Å²) in [6.45, 7) is 9.63. The summed E-state index contributed by atoms with van der Waals surface area (Å²) in [5.41, 5.74) is 0.423. The summed E-state index contributed by atoms with van der Waals surface area (Å²) >= 11 is 0. The van der Waals surface area contributed by atoms with Crippen LogP contribution >= 0.6 is 0 Å². The first-order chi connectivity index (χ1) is 8.43. The summed E-state index contributed by atoms with van der Waals surface area (Å²) in [5, 5.41) is 3.54. The zero-order valence-electron chi connectivity index (χ0n) is 12.8. The molecule has 1 aliphatic carbocycles. The molecule has 0 heterocycles. The summed E-state index contributed by atoms with van der Waals surface area (Å²) in [6, 6.07) is 0. The molecule has 0 aromatic heterocycles. The molecule has 1 saturated carbocycles. The van der Waals surface area contributed by atoms with Crippen molar-refractivity contribution in [3.8, 4) is 0 Å². The second kappa shape index (κ2) is 6.88. The number of rotatable bonds is 10. The van der Waals surface area contributed by atoms with Crippen LogP contribution in [0.1, 0.15) is 46.5 Å². The molecular weight excluding hydrogens is 226 g/mol. The SMILES string of the molecule is COCCNCC(C)(CCC(C)(C)OC)C1CC1. The molecular formula is C15H31NO2. The number of ether oxygens (including phenoxy) is 2. The molecule has 0 spiro atoms. The van der Waals surface area contributed by atoms with E-state index in [2.05, 4.69) is 26.1 Å². The van der Waals surface area contributed by atoms with Crippen LogP contribution < -0.4 is 5.32 Å². The van der Waals surface area contributed by atoms with E-state index in [1.165, 1.54) is 19.3 Å². The lowest BCUT2D eigenvalue weighted by molar-refractivity contribution is 0.00264. The summed E-state index contributed by atoms with van der Waals surface area (Å²) in [5.74, 6) is 0.903. The molecule has 0 saturated heterocycles. The van der Waals surface area contributed by atoms with E-state index in [-0.39, 0.29) is 5.60 Å². The van der Waals surface area contributed by atoms with Crippen molar-refractivity contribution >= 4 is 0 Å². The standard InChI is InChI=1S/C15H31NO2/c1-14(2,18-5)8-9-15(3,13-6-7-13)12-16-10-11-17-4/h13,16H,6-12H2,1-5H3. The molecule has 3 nitrogen and oxygen atoms in total. The second-order valence-electron chi connectivity index (χ2n) is 6.56. The van der Waals surface area contributed by atoms with Gasteiger partial charge in [0.25, 0.3) is 0 Å². The molecule has 0 amide bonds. The van der Waals surface area contributed by atoms with Crippen LogP contribution in [-0.4, -0.2) is 39.5 Å². The van der Waals surface area contributed by atoms with Crippen LogP contribution in [0.3, 0.4) is 0 Å². The lowest BCUT2D eigenvalue weighted by Crippen LogP contribution is -2.37. The maximum absolute atomic E-state index is 5.54. The Bertz CT molecular complexity index is 239. The van der Waals surface area contributed by atoms with Crippen molar-refractivity contribution in [3.63, 3.8) is 0 Å². The van der Waals surface area contributed by atoms with E-state index in [1.54, 1.807) is 7.11 Å². The van der Waals surface area contributed by atoms with E-state index in [0.717, 1.165) is 32.0 Å². The highest BCUT2D eigenvalue weighted by atomic mass is 16.5. The van der Waals surface area contributed by atoms with Gasteiger partial charge in [0, 0.05) is 27.3 Å². The molecule has 1 unspecified atom stereocenters. The van der Waals surface area contributed by atoms with Crippen LogP contribution in [0.4, 0.5) is 0 Å². The van der Waals surface area contributed by atoms with E-state index in [4.69, 9.17) is 9.47 Å². The zero-order valence-corrected chi connectivity index (χ0v) is 12.8. The summed E-state index contributed by atoms with van der Waals surface area (Å²) < 4.78 is 10.6. The third kappa shape index (κ3) is 5.25. The fourth-order valence-electron chi connectivity index (χ4n) is 2.45. The Morgan fingerprint density at radius 2 is 1.78 bits per heavy atom. The summed E-state index contributed by atoms with van der Waals surface area (Å²) in [6.07, 6.45) is 5.16. The smallest absolute Gasteiger partial charge is 0.0623 e. The number of hydrogen-bond acceptors (Lipinski definition) is 3. The first-order valence-corrected chi connectivity index (χ1v) is 7.18. The van der Waals surface area contributed by atoms with E-state index in [9.17, 15) is 0 Å². The third-order valence-electron chi connectivity index (χ3n) is 4.43. The van der Waals surface area contributed by atoms with E-state index in [1.807, 2.05) is 7.11 Å². The lowest BCUT2D eigenvalue weighted by Gasteiger charge is -2.34. The highest BCUT2D eigenvalue weighted by molar-refractivity contribution is 4.93. The highest BCUT2D eigenvalue weighted by Gasteiger charge is 2.41. The Morgan fingerprint density at radius 3 is 2.28 bits per heavy atom. The minimum Gasteiger partial charge on any atom is -0.383 e. The molecule has 1 aliphatic rings. The van der Waals surface area contributed by atoms with Crippen molar-refractivity contribution in [3.05, 3.63) is 0 Å². The summed E-state index contributed by atoms with van der Waals surface area (Å²) in [7, 11) is 3.56. The van der Waals surface area contributed by atoms with Gasteiger partial charge in [0.1, 0.15) is 0 Å². The Hall–Kier alpha value is -0.120. The van der Waals surface area contributed by atoms with Gasteiger partial charge in [-0.05, 0) is 50.9 Å². The first-order valence-electron chi connectivity index (χ1n) is 7.18. The van der Waals surface area contributed by atoms with Crippen molar-refractivity contribution < 1.29 is 9.47 Å². The Morgan fingerprint density at radius 1 is 1.11 bits per heavy atom. The Balaban J connectivity index is 2.37. The van der Waals surface area contributed by atoms with Gasteiger partial charge < -0.3 is 14.8 Å². The van der Waals surface area contributed by atoms with Gasteiger partial charge in [-0.1, -0.05) is 6.92 Å².